The molecular weight excluding hydrogens is 236 g/mol. The van der Waals surface area contributed by atoms with E-state index in [9.17, 15) is 4.79 Å². The van der Waals surface area contributed by atoms with Gasteiger partial charge in [-0.3, -0.25) is 4.79 Å². The van der Waals surface area contributed by atoms with Crippen LogP contribution in [0.25, 0.3) is 0 Å². The van der Waals surface area contributed by atoms with E-state index in [4.69, 9.17) is 0 Å². The maximum atomic E-state index is 12.4. The predicted molar refractivity (Wildman–Crippen MR) is 76.8 cm³/mol. The molecule has 1 aliphatic heterocycles. The molecule has 3 nitrogen and oxygen atoms in total. The highest BCUT2D eigenvalue weighted by atomic mass is 16.1. The van der Waals surface area contributed by atoms with Gasteiger partial charge in [0.2, 0.25) is 5.91 Å². The zero-order valence-corrected chi connectivity index (χ0v) is 12.0. The smallest absolute Gasteiger partial charge is 0.223 e. The lowest BCUT2D eigenvalue weighted by Gasteiger charge is -2.39. The van der Waals surface area contributed by atoms with Crippen LogP contribution in [0.4, 0.5) is 0 Å². The molecule has 2 aliphatic carbocycles. The molecule has 3 fully saturated rings. The van der Waals surface area contributed by atoms with Crippen molar-refractivity contribution >= 4 is 5.91 Å². The Morgan fingerprint density at radius 2 is 1.79 bits per heavy atom. The summed E-state index contributed by atoms with van der Waals surface area (Å²) in [6.07, 6.45) is 11.5. The lowest BCUT2D eigenvalue weighted by atomic mass is 9.67. The van der Waals surface area contributed by atoms with Crippen molar-refractivity contribution < 1.29 is 4.79 Å². The van der Waals surface area contributed by atoms with Gasteiger partial charge in [0.15, 0.2) is 0 Å². The van der Waals surface area contributed by atoms with Crippen molar-refractivity contribution in [2.45, 2.75) is 63.8 Å². The Labute approximate surface area is 116 Å². The summed E-state index contributed by atoms with van der Waals surface area (Å²) in [5.41, 5.74) is 0. The van der Waals surface area contributed by atoms with Crippen molar-refractivity contribution in [3.63, 3.8) is 0 Å². The normalized spacial score (nSPS) is 39.4. The van der Waals surface area contributed by atoms with Gasteiger partial charge in [-0.15, -0.1) is 0 Å². The fourth-order valence-corrected chi connectivity index (χ4v) is 4.41. The van der Waals surface area contributed by atoms with Gasteiger partial charge < -0.3 is 10.6 Å². The highest BCUT2D eigenvalue weighted by Crippen LogP contribution is 2.42. The van der Waals surface area contributed by atoms with Crippen molar-refractivity contribution in [3.05, 3.63) is 0 Å². The Kier molecular flexibility index (Phi) is 4.42. The van der Waals surface area contributed by atoms with Gasteiger partial charge in [-0.1, -0.05) is 25.7 Å². The molecule has 2 saturated carbocycles. The van der Waals surface area contributed by atoms with Crippen LogP contribution in [-0.4, -0.2) is 25.0 Å². The van der Waals surface area contributed by atoms with Crippen molar-refractivity contribution in [2.24, 2.45) is 17.8 Å². The summed E-state index contributed by atoms with van der Waals surface area (Å²) in [7, 11) is 0. The molecule has 3 aliphatic rings. The maximum absolute atomic E-state index is 12.4. The van der Waals surface area contributed by atoms with Crippen molar-refractivity contribution in [1.82, 2.24) is 10.6 Å². The van der Waals surface area contributed by atoms with Gasteiger partial charge in [0, 0.05) is 18.5 Å². The number of hydrogen-bond acceptors (Lipinski definition) is 2. The first kappa shape index (κ1) is 13.4. The van der Waals surface area contributed by atoms with Crippen LogP contribution in [-0.2, 0) is 4.79 Å². The standard InChI is InChI=1S/C16H28N2O/c19-16(18-15-6-3-9-17-11-15)14-8-7-12-4-1-2-5-13(12)10-14/h12-15,17H,1-11H2,(H,18,19)/t12?,13?,14?,15-/m0/s1. The summed E-state index contributed by atoms with van der Waals surface area (Å²) in [5, 5.41) is 6.66. The van der Waals surface area contributed by atoms with Crippen LogP contribution in [0.3, 0.4) is 0 Å². The second-order valence-corrected chi connectivity index (χ2v) is 6.87. The highest BCUT2D eigenvalue weighted by Gasteiger charge is 2.35. The van der Waals surface area contributed by atoms with E-state index in [1.165, 1.54) is 38.5 Å². The molecule has 1 saturated heterocycles. The lowest BCUT2D eigenvalue weighted by Crippen LogP contribution is -2.48. The molecule has 0 aromatic heterocycles. The molecule has 4 atom stereocenters. The maximum Gasteiger partial charge on any atom is 0.223 e. The van der Waals surface area contributed by atoms with Crippen LogP contribution in [0.5, 0.6) is 0 Å². The average molecular weight is 264 g/mol. The van der Waals surface area contributed by atoms with Crippen LogP contribution in [0.1, 0.15) is 57.8 Å². The molecule has 1 heterocycles. The Morgan fingerprint density at radius 3 is 2.58 bits per heavy atom. The second-order valence-electron chi connectivity index (χ2n) is 6.87. The summed E-state index contributed by atoms with van der Waals surface area (Å²) < 4.78 is 0. The topological polar surface area (TPSA) is 41.1 Å². The van der Waals surface area contributed by atoms with E-state index in [1.54, 1.807) is 0 Å². The largest absolute Gasteiger partial charge is 0.352 e. The molecule has 0 aromatic rings. The van der Waals surface area contributed by atoms with E-state index in [1.807, 2.05) is 0 Å². The summed E-state index contributed by atoms with van der Waals surface area (Å²) in [5.74, 6) is 2.44. The monoisotopic (exact) mass is 264 g/mol. The summed E-state index contributed by atoms with van der Waals surface area (Å²) in [6.45, 7) is 2.07. The van der Waals surface area contributed by atoms with Gasteiger partial charge in [0.25, 0.3) is 0 Å². The number of carbonyl (C=O) groups is 1. The first-order valence-corrected chi connectivity index (χ1v) is 8.34. The molecule has 3 rings (SSSR count). The van der Waals surface area contributed by atoms with Crippen LogP contribution in [0.2, 0.25) is 0 Å². The molecule has 0 bridgehead atoms. The van der Waals surface area contributed by atoms with Crippen LogP contribution in [0.15, 0.2) is 0 Å². The Hall–Kier alpha value is -0.570. The molecule has 2 N–H and O–H groups in total. The quantitative estimate of drug-likeness (QED) is 0.804. The van der Waals surface area contributed by atoms with Crippen molar-refractivity contribution in [3.8, 4) is 0 Å². The molecule has 0 aromatic carbocycles. The third-order valence-corrected chi connectivity index (χ3v) is 5.55. The van der Waals surface area contributed by atoms with Gasteiger partial charge in [-0.25, -0.2) is 0 Å². The number of amides is 1. The Morgan fingerprint density at radius 1 is 0.947 bits per heavy atom. The minimum absolute atomic E-state index is 0.307. The number of carbonyl (C=O) groups excluding carboxylic acids is 1. The van der Waals surface area contributed by atoms with Crippen molar-refractivity contribution in [1.29, 1.82) is 0 Å². The van der Waals surface area contributed by atoms with E-state index < -0.39 is 0 Å². The molecule has 0 radical (unpaired) electrons. The molecule has 1 amide bonds. The fourth-order valence-electron chi connectivity index (χ4n) is 4.41. The molecule has 3 unspecified atom stereocenters. The zero-order valence-electron chi connectivity index (χ0n) is 12.0. The number of nitrogens with one attached hydrogen (secondary N) is 2. The van der Waals surface area contributed by atoms with E-state index in [-0.39, 0.29) is 0 Å². The van der Waals surface area contributed by atoms with E-state index in [0.29, 0.717) is 17.9 Å². The first-order valence-electron chi connectivity index (χ1n) is 8.34. The van der Waals surface area contributed by atoms with Gasteiger partial charge in [-0.05, 0) is 50.5 Å². The van der Waals surface area contributed by atoms with Gasteiger partial charge in [-0.2, -0.15) is 0 Å². The molecule has 3 heteroatoms. The minimum Gasteiger partial charge on any atom is -0.352 e. The van der Waals surface area contributed by atoms with E-state index in [2.05, 4.69) is 10.6 Å². The molecular formula is C16H28N2O. The Balaban J connectivity index is 1.49. The van der Waals surface area contributed by atoms with Gasteiger partial charge >= 0.3 is 0 Å². The predicted octanol–water partition coefficient (Wildman–Crippen LogP) is 2.46. The van der Waals surface area contributed by atoms with Crippen molar-refractivity contribution in [2.75, 3.05) is 13.1 Å². The van der Waals surface area contributed by atoms with Crippen LogP contribution in [0, 0.1) is 17.8 Å². The summed E-state index contributed by atoms with van der Waals surface area (Å²) in [6, 6.07) is 0.380. The minimum atomic E-state index is 0.307. The summed E-state index contributed by atoms with van der Waals surface area (Å²) >= 11 is 0. The SMILES string of the molecule is O=C(N[C@H]1CCCNC1)C1CCC2CCCCC2C1. The zero-order chi connectivity index (χ0) is 13.1. The molecule has 19 heavy (non-hydrogen) atoms. The van der Waals surface area contributed by atoms with Gasteiger partial charge in [0.05, 0.1) is 0 Å². The second kappa shape index (κ2) is 6.25. The first-order chi connectivity index (χ1) is 9.33. The van der Waals surface area contributed by atoms with Crippen LogP contribution < -0.4 is 10.6 Å². The lowest BCUT2D eigenvalue weighted by molar-refractivity contribution is -0.128. The number of rotatable bonds is 2. The average Bonchev–Trinajstić information content (AvgIpc) is 2.48. The van der Waals surface area contributed by atoms with E-state index in [0.717, 1.165) is 44.2 Å². The highest BCUT2D eigenvalue weighted by molar-refractivity contribution is 5.79. The van der Waals surface area contributed by atoms with E-state index >= 15 is 0 Å². The molecule has 108 valence electrons. The third kappa shape index (κ3) is 3.31. The van der Waals surface area contributed by atoms with Crippen LogP contribution >= 0.6 is 0 Å². The molecule has 0 spiro atoms. The fraction of sp³-hybridized carbons (Fsp3) is 0.938. The number of piperidine rings is 1. The third-order valence-electron chi connectivity index (χ3n) is 5.55. The Bertz CT molecular complexity index is 312. The van der Waals surface area contributed by atoms with Gasteiger partial charge in [0.1, 0.15) is 0 Å². The number of hydrogen-bond donors (Lipinski definition) is 2. The summed E-state index contributed by atoms with van der Waals surface area (Å²) in [4.78, 5) is 12.4. The number of fused-ring (bicyclic) bond motifs is 1.